The van der Waals surface area contributed by atoms with E-state index in [-0.39, 0.29) is 0 Å². The van der Waals surface area contributed by atoms with Crippen molar-refractivity contribution in [2.75, 3.05) is 6.54 Å². The molecule has 2 N–H and O–H groups in total. The Balaban J connectivity index is 2.62. The molecule has 0 fully saturated rings. The van der Waals surface area contributed by atoms with Crippen LogP contribution in [0.1, 0.15) is 32.8 Å². The second-order valence-corrected chi connectivity index (χ2v) is 4.39. The lowest BCUT2D eigenvalue weighted by Gasteiger charge is -2.23. The van der Waals surface area contributed by atoms with Crippen molar-refractivity contribution in [2.45, 2.75) is 39.7 Å². The van der Waals surface area contributed by atoms with Crippen LogP contribution in [0.5, 0.6) is 5.75 Å². The molecule has 0 aromatic heterocycles. The van der Waals surface area contributed by atoms with Crippen molar-refractivity contribution in [1.82, 2.24) is 5.32 Å². The van der Waals surface area contributed by atoms with E-state index in [4.69, 9.17) is 0 Å². The molecule has 2 atom stereocenters. The van der Waals surface area contributed by atoms with E-state index in [1.165, 1.54) is 5.56 Å². The third-order valence-electron chi connectivity index (χ3n) is 3.17. The first-order valence-corrected chi connectivity index (χ1v) is 6.18. The summed E-state index contributed by atoms with van der Waals surface area (Å²) in [6, 6.07) is 8.10. The van der Waals surface area contributed by atoms with Crippen LogP contribution in [0.25, 0.3) is 0 Å². The zero-order valence-electron chi connectivity index (χ0n) is 10.5. The molecule has 0 aliphatic rings. The van der Waals surface area contributed by atoms with Gasteiger partial charge in [0.05, 0.1) is 0 Å². The highest BCUT2D eigenvalue weighted by Gasteiger charge is 2.14. The van der Waals surface area contributed by atoms with Gasteiger partial charge in [0.25, 0.3) is 0 Å². The van der Waals surface area contributed by atoms with Crippen LogP contribution in [-0.2, 0) is 6.42 Å². The Morgan fingerprint density at radius 2 is 2.06 bits per heavy atom. The van der Waals surface area contributed by atoms with Gasteiger partial charge in [0.1, 0.15) is 5.75 Å². The van der Waals surface area contributed by atoms with Crippen molar-refractivity contribution in [2.24, 2.45) is 5.92 Å². The van der Waals surface area contributed by atoms with E-state index in [1.807, 2.05) is 12.1 Å². The lowest BCUT2D eigenvalue weighted by molar-refractivity contribution is 0.367. The molecule has 0 amide bonds. The number of benzene rings is 1. The predicted octanol–water partition coefficient (Wildman–Crippen LogP) is 2.96. The quantitative estimate of drug-likeness (QED) is 0.774. The molecule has 1 aromatic rings. The Bertz CT molecular complexity index is 311. The fraction of sp³-hybridized carbons (Fsp3) is 0.571. The van der Waals surface area contributed by atoms with Crippen molar-refractivity contribution in [1.29, 1.82) is 0 Å². The Morgan fingerprint density at radius 3 is 2.62 bits per heavy atom. The standard InChI is InChI=1S/C14H23NO/c1-4-13(11(3)15-5-2)9-12-7-6-8-14(16)10-12/h6-8,10-11,13,15-16H,4-5,9H2,1-3H3. The highest BCUT2D eigenvalue weighted by atomic mass is 16.3. The lowest BCUT2D eigenvalue weighted by Crippen LogP contribution is -2.34. The maximum Gasteiger partial charge on any atom is 0.115 e. The van der Waals surface area contributed by atoms with Gasteiger partial charge in [0.15, 0.2) is 0 Å². The van der Waals surface area contributed by atoms with E-state index in [9.17, 15) is 5.11 Å². The SMILES string of the molecule is CCNC(C)C(CC)Cc1cccc(O)c1. The normalized spacial score (nSPS) is 14.7. The first-order valence-electron chi connectivity index (χ1n) is 6.18. The molecule has 2 unspecified atom stereocenters. The smallest absolute Gasteiger partial charge is 0.115 e. The Morgan fingerprint density at radius 1 is 1.31 bits per heavy atom. The molecular formula is C14H23NO. The van der Waals surface area contributed by atoms with Crippen LogP contribution in [0.3, 0.4) is 0 Å². The van der Waals surface area contributed by atoms with Crippen LogP contribution in [0.15, 0.2) is 24.3 Å². The Labute approximate surface area is 98.7 Å². The fourth-order valence-electron chi connectivity index (χ4n) is 2.15. The molecule has 0 aliphatic carbocycles. The monoisotopic (exact) mass is 221 g/mol. The molecular weight excluding hydrogens is 198 g/mol. The lowest BCUT2D eigenvalue weighted by atomic mass is 9.91. The maximum atomic E-state index is 9.43. The van der Waals surface area contributed by atoms with Crippen LogP contribution in [0.4, 0.5) is 0 Å². The van der Waals surface area contributed by atoms with E-state index in [2.05, 4.69) is 32.2 Å². The van der Waals surface area contributed by atoms with Gasteiger partial charge in [0.2, 0.25) is 0 Å². The molecule has 2 heteroatoms. The Hall–Kier alpha value is -1.02. The van der Waals surface area contributed by atoms with Gasteiger partial charge in [-0.3, -0.25) is 0 Å². The number of aromatic hydroxyl groups is 1. The van der Waals surface area contributed by atoms with E-state index in [0.717, 1.165) is 19.4 Å². The van der Waals surface area contributed by atoms with Crippen LogP contribution < -0.4 is 5.32 Å². The largest absolute Gasteiger partial charge is 0.508 e. The van der Waals surface area contributed by atoms with Gasteiger partial charge < -0.3 is 10.4 Å². The number of hydrogen-bond acceptors (Lipinski definition) is 2. The average Bonchev–Trinajstić information content (AvgIpc) is 2.26. The van der Waals surface area contributed by atoms with Crippen LogP contribution in [-0.4, -0.2) is 17.7 Å². The summed E-state index contributed by atoms with van der Waals surface area (Å²) < 4.78 is 0. The van der Waals surface area contributed by atoms with Gasteiger partial charge in [-0.05, 0) is 43.5 Å². The van der Waals surface area contributed by atoms with Gasteiger partial charge >= 0.3 is 0 Å². The van der Waals surface area contributed by atoms with Gasteiger partial charge in [-0.2, -0.15) is 0 Å². The van der Waals surface area contributed by atoms with Crippen molar-refractivity contribution in [3.05, 3.63) is 29.8 Å². The van der Waals surface area contributed by atoms with Gasteiger partial charge in [-0.15, -0.1) is 0 Å². The van der Waals surface area contributed by atoms with E-state index >= 15 is 0 Å². The predicted molar refractivity (Wildman–Crippen MR) is 68.7 cm³/mol. The number of phenolic OH excluding ortho intramolecular Hbond substituents is 1. The van der Waals surface area contributed by atoms with Crippen molar-refractivity contribution >= 4 is 0 Å². The van der Waals surface area contributed by atoms with Gasteiger partial charge in [-0.1, -0.05) is 32.4 Å². The highest BCUT2D eigenvalue weighted by molar-refractivity contribution is 5.27. The van der Waals surface area contributed by atoms with Gasteiger partial charge in [-0.25, -0.2) is 0 Å². The van der Waals surface area contributed by atoms with E-state index in [1.54, 1.807) is 6.07 Å². The first-order chi connectivity index (χ1) is 7.67. The molecule has 0 saturated heterocycles. The molecule has 0 saturated carbocycles. The molecule has 16 heavy (non-hydrogen) atoms. The summed E-state index contributed by atoms with van der Waals surface area (Å²) in [7, 11) is 0. The summed E-state index contributed by atoms with van der Waals surface area (Å²) in [5.74, 6) is 0.991. The molecule has 1 rings (SSSR count). The molecule has 0 heterocycles. The minimum Gasteiger partial charge on any atom is -0.508 e. The number of hydrogen-bond donors (Lipinski definition) is 2. The topological polar surface area (TPSA) is 32.3 Å². The third kappa shape index (κ3) is 3.86. The minimum atomic E-state index is 0.364. The highest BCUT2D eigenvalue weighted by Crippen LogP contribution is 2.19. The molecule has 1 aromatic carbocycles. The number of nitrogens with one attached hydrogen (secondary N) is 1. The Kier molecular flexibility index (Phi) is 5.33. The summed E-state index contributed by atoms with van der Waals surface area (Å²) in [5, 5.41) is 12.9. The van der Waals surface area contributed by atoms with Crippen LogP contribution in [0, 0.1) is 5.92 Å². The summed E-state index contributed by atoms with van der Waals surface area (Å²) in [4.78, 5) is 0. The number of rotatable bonds is 6. The van der Waals surface area contributed by atoms with E-state index in [0.29, 0.717) is 17.7 Å². The molecule has 0 spiro atoms. The second kappa shape index (κ2) is 6.54. The minimum absolute atomic E-state index is 0.364. The zero-order chi connectivity index (χ0) is 12.0. The molecule has 90 valence electrons. The van der Waals surface area contributed by atoms with E-state index < -0.39 is 0 Å². The van der Waals surface area contributed by atoms with Crippen LogP contribution >= 0.6 is 0 Å². The summed E-state index contributed by atoms with van der Waals surface area (Å²) >= 11 is 0. The first kappa shape index (κ1) is 13.0. The fourth-order valence-corrected chi connectivity index (χ4v) is 2.15. The molecule has 0 aliphatic heterocycles. The second-order valence-electron chi connectivity index (χ2n) is 4.39. The number of phenols is 1. The van der Waals surface area contributed by atoms with Gasteiger partial charge in [0, 0.05) is 6.04 Å². The third-order valence-corrected chi connectivity index (χ3v) is 3.17. The molecule has 2 nitrogen and oxygen atoms in total. The van der Waals surface area contributed by atoms with Crippen molar-refractivity contribution < 1.29 is 5.11 Å². The zero-order valence-corrected chi connectivity index (χ0v) is 10.5. The maximum absolute atomic E-state index is 9.43. The molecule has 0 radical (unpaired) electrons. The average molecular weight is 221 g/mol. The molecule has 0 bridgehead atoms. The summed E-state index contributed by atoms with van der Waals surface area (Å²) in [6.07, 6.45) is 2.18. The van der Waals surface area contributed by atoms with Crippen molar-refractivity contribution in [3.63, 3.8) is 0 Å². The summed E-state index contributed by atoms with van der Waals surface area (Å²) in [5.41, 5.74) is 1.22. The van der Waals surface area contributed by atoms with Crippen LogP contribution in [0.2, 0.25) is 0 Å². The summed E-state index contributed by atoms with van der Waals surface area (Å²) in [6.45, 7) is 7.61. The van der Waals surface area contributed by atoms with Crippen molar-refractivity contribution in [3.8, 4) is 5.75 Å².